The quantitative estimate of drug-likeness (QED) is 0.731. The van der Waals surface area contributed by atoms with Crippen LogP contribution in [-0.2, 0) is 4.74 Å². The van der Waals surface area contributed by atoms with Gasteiger partial charge < -0.3 is 4.74 Å². The Morgan fingerprint density at radius 1 is 1.12 bits per heavy atom. The normalized spacial score (nSPS) is 28.1. The van der Waals surface area contributed by atoms with Crippen LogP contribution in [0.15, 0.2) is 0 Å². The number of rotatable bonds is 5. The number of likely N-dealkylation sites (tertiary alicyclic amines) is 2. The molecular weight excluding hydrogens is 212 g/mol. The number of ether oxygens (including phenoxy) is 1. The second-order valence-electron chi connectivity index (χ2n) is 5.76. The first-order valence-electron chi connectivity index (χ1n) is 7.33. The third kappa shape index (κ3) is 4.23. The van der Waals surface area contributed by atoms with E-state index in [4.69, 9.17) is 4.74 Å². The third-order valence-electron chi connectivity index (χ3n) is 4.00. The van der Waals surface area contributed by atoms with Crippen molar-refractivity contribution in [1.82, 2.24) is 9.80 Å². The molecule has 0 unspecified atom stereocenters. The highest BCUT2D eigenvalue weighted by Crippen LogP contribution is 2.20. The Morgan fingerprint density at radius 3 is 2.59 bits per heavy atom. The molecule has 0 radical (unpaired) electrons. The van der Waals surface area contributed by atoms with E-state index in [1.807, 2.05) is 0 Å². The van der Waals surface area contributed by atoms with E-state index in [1.54, 1.807) is 0 Å². The van der Waals surface area contributed by atoms with Gasteiger partial charge in [-0.2, -0.15) is 0 Å². The molecule has 0 aromatic heterocycles. The van der Waals surface area contributed by atoms with Gasteiger partial charge in [-0.15, -0.1) is 0 Å². The molecule has 0 N–H and O–H groups in total. The van der Waals surface area contributed by atoms with E-state index in [0.29, 0.717) is 6.10 Å². The molecule has 100 valence electrons. The van der Waals surface area contributed by atoms with E-state index in [2.05, 4.69) is 23.6 Å². The molecule has 3 heteroatoms. The summed E-state index contributed by atoms with van der Waals surface area (Å²) in [6, 6.07) is 0.824. The van der Waals surface area contributed by atoms with E-state index in [0.717, 1.165) is 19.2 Å². The molecule has 0 spiro atoms. The van der Waals surface area contributed by atoms with E-state index in [-0.39, 0.29) is 0 Å². The van der Waals surface area contributed by atoms with Crippen molar-refractivity contribution >= 4 is 0 Å². The average molecular weight is 240 g/mol. The number of piperidine rings is 1. The van der Waals surface area contributed by atoms with Gasteiger partial charge in [0, 0.05) is 19.1 Å². The molecule has 3 nitrogen and oxygen atoms in total. The van der Waals surface area contributed by atoms with Crippen molar-refractivity contribution in [3.63, 3.8) is 0 Å². The van der Waals surface area contributed by atoms with E-state index >= 15 is 0 Å². The van der Waals surface area contributed by atoms with Gasteiger partial charge in [0.05, 0.1) is 12.7 Å². The first-order valence-corrected chi connectivity index (χ1v) is 7.33. The molecule has 2 aliphatic rings. The smallest absolute Gasteiger partial charge is 0.0596 e. The van der Waals surface area contributed by atoms with E-state index in [9.17, 15) is 0 Å². The molecule has 17 heavy (non-hydrogen) atoms. The Bertz CT molecular complexity index is 214. The molecule has 0 aromatic rings. The number of hydrogen-bond acceptors (Lipinski definition) is 3. The van der Waals surface area contributed by atoms with Crippen LogP contribution in [0.5, 0.6) is 0 Å². The van der Waals surface area contributed by atoms with Crippen LogP contribution in [0.3, 0.4) is 0 Å². The van der Waals surface area contributed by atoms with Gasteiger partial charge in [-0.05, 0) is 59.2 Å². The fourth-order valence-corrected chi connectivity index (χ4v) is 3.06. The van der Waals surface area contributed by atoms with Crippen LogP contribution in [0.25, 0.3) is 0 Å². The lowest BCUT2D eigenvalue weighted by Gasteiger charge is -2.37. The molecule has 0 aromatic carbocycles. The standard InChI is InChI=1S/C14H28N2O/c1-13(2)17-11-10-15-7-5-6-14(12-15)16-8-3-4-9-16/h13-14H,3-12H2,1-2H3/t14-/m0/s1. The van der Waals surface area contributed by atoms with Crippen LogP contribution in [0, 0.1) is 0 Å². The minimum absolute atomic E-state index is 0.370. The Balaban J connectivity index is 1.69. The Kier molecular flexibility index (Phi) is 5.26. The van der Waals surface area contributed by atoms with Crippen molar-refractivity contribution in [3.8, 4) is 0 Å². The Hall–Kier alpha value is -0.120. The predicted molar refractivity (Wildman–Crippen MR) is 71.4 cm³/mol. The summed E-state index contributed by atoms with van der Waals surface area (Å²) in [5.41, 5.74) is 0. The van der Waals surface area contributed by atoms with Gasteiger partial charge in [0.1, 0.15) is 0 Å². The lowest BCUT2D eigenvalue weighted by Crippen LogP contribution is -2.47. The molecule has 0 saturated carbocycles. The average Bonchev–Trinajstić information content (AvgIpc) is 2.82. The molecule has 2 aliphatic heterocycles. The SMILES string of the molecule is CC(C)OCCN1CCC[C@H](N2CCCC2)C1. The predicted octanol–water partition coefficient (Wildman–Crippen LogP) is 1.97. The molecule has 1 atom stereocenters. The fraction of sp³-hybridized carbons (Fsp3) is 1.00. The van der Waals surface area contributed by atoms with Crippen molar-refractivity contribution in [2.75, 3.05) is 39.3 Å². The molecule has 2 rings (SSSR count). The zero-order chi connectivity index (χ0) is 12.1. The van der Waals surface area contributed by atoms with Crippen LogP contribution < -0.4 is 0 Å². The van der Waals surface area contributed by atoms with Gasteiger partial charge >= 0.3 is 0 Å². The molecule has 0 aliphatic carbocycles. The monoisotopic (exact) mass is 240 g/mol. The third-order valence-corrected chi connectivity index (χ3v) is 4.00. The lowest BCUT2D eigenvalue weighted by atomic mass is 10.0. The van der Waals surface area contributed by atoms with Gasteiger partial charge in [0.15, 0.2) is 0 Å². The number of hydrogen-bond donors (Lipinski definition) is 0. The molecule has 2 heterocycles. The van der Waals surface area contributed by atoms with E-state index in [1.165, 1.54) is 51.9 Å². The molecule has 2 saturated heterocycles. The maximum atomic E-state index is 5.65. The second kappa shape index (κ2) is 6.72. The minimum atomic E-state index is 0.370. The van der Waals surface area contributed by atoms with Crippen molar-refractivity contribution in [2.24, 2.45) is 0 Å². The van der Waals surface area contributed by atoms with Crippen LogP contribution in [0.4, 0.5) is 0 Å². The lowest BCUT2D eigenvalue weighted by molar-refractivity contribution is 0.0416. The summed E-state index contributed by atoms with van der Waals surface area (Å²) >= 11 is 0. The maximum absolute atomic E-state index is 5.65. The largest absolute Gasteiger partial charge is 0.377 e. The maximum Gasteiger partial charge on any atom is 0.0596 e. The Labute approximate surface area is 106 Å². The molecule has 0 bridgehead atoms. The van der Waals surface area contributed by atoms with Crippen LogP contribution in [0.2, 0.25) is 0 Å². The minimum Gasteiger partial charge on any atom is -0.377 e. The summed E-state index contributed by atoms with van der Waals surface area (Å²) in [5, 5.41) is 0. The Morgan fingerprint density at radius 2 is 1.88 bits per heavy atom. The summed E-state index contributed by atoms with van der Waals surface area (Å²) in [4.78, 5) is 5.30. The highest BCUT2D eigenvalue weighted by atomic mass is 16.5. The molecule has 0 amide bonds. The number of nitrogens with zero attached hydrogens (tertiary/aromatic N) is 2. The van der Waals surface area contributed by atoms with Crippen molar-refractivity contribution in [3.05, 3.63) is 0 Å². The summed E-state index contributed by atoms with van der Waals surface area (Å²) in [7, 11) is 0. The van der Waals surface area contributed by atoms with Crippen LogP contribution in [-0.4, -0.2) is 61.3 Å². The second-order valence-corrected chi connectivity index (χ2v) is 5.76. The fourth-order valence-electron chi connectivity index (χ4n) is 3.06. The molecule has 2 fully saturated rings. The van der Waals surface area contributed by atoms with Crippen molar-refractivity contribution in [1.29, 1.82) is 0 Å². The zero-order valence-corrected chi connectivity index (χ0v) is 11.5. The van der Waals surface area contributed by atoms with E-state index < -0.39 is 0 Å². The van der Waals surface area contributed by atoms with Crippen LogP contribution in [0.1, 0.15) is 39.5 Å². The summed E-state index contributed by atoms with van der Waals surface area (Å²) in [6.45, 7) is 11.4. The summed E-state index contributed by atoms with van der Waals surface area (Å²) in [5.74, 6) is 0. The van der Waals surface area contributed by atoms with Crippen molar-refractivity contribution in [2.45, 2.75) is 51.7 Å². The van der Waals surface area contributed by atoms with Gasteiger partial charge in [-0.3, -0.25) is 9.80 Å². The first kappa shape index (κ1) is 13.3. The highest BCUT2D eigenvalue weighted by molar-refractivity contribution is 4.83. The van der Waals surface area contributed by atoms with Gasteiger partial charge in [0.2, 0.25) is 0 Å². The van der Waals surface area contributed by atoms with Crippen LogP contribution >= 0.6 is 0 Å². The first-order chi connectivity index (χ1) is 8.25. The molecular formula is C14H28N2O. The zero-order valence-electron chi connectivity index (χ0n) is 11.5. The summed E-state index contributed by atoms with van der Waals surface area (Å²) in [6.07, 6.45) is 5.96. The van der Waals surface area contributed by atoms with Gasteiger partial charge in [-0.1, -0.05) is 0 Å². The van der Waals surface area contributed by atoms with Crippen molar-refractivity contribution < 1.29 is 4.74 Å². The van der Waals surface area contributed by atoms with Gasteiger partial charge in [0.25, 0.3) is 0 Å². The highest BCUT2D eigenvalue weighted by Gasteiger charge is 2.26. The summed E-state index contributed by atoms with van der Waals surface area (Å²) < 4.78 is 5.65. The van der Waals surface area contributed by atoms with Gasteiger partial charge in [-0.25, -0.2) is 0 Å². The topological polar surface area (TPSA) is 15.7 Å².